The topological polar surface area (TPSA) is 75.7 Å². The Labute approximate surface area is 189 Å². The quantitative estimate of drug-likeness (QED) is 0.526. The smallest absolute Gasteiger partial charge is 0.251 e. The lowest BCUT2D eigenvalue weighted by molar-refractivity contribution is 0.0951. The molecule has 1 amide bonds. The van der Waals surface area contributed by atoms with Crippen LogP contribution in [-0.2, 0) is 23.1 Å². The highest BCUT2D eigenvalue weighted by molar-refractivity contribution is 7.92. The second kappa shape index (κ2) is 10.3. The summed E-state index contributed by atoms with van der Waals surface area (Å²) in [4.78, 5) is 12.5. The number of ether oxygens (including phenoxy) is 1. The molecule has 32 heavy (non-hydrogen) atoms. The Morgan fingerprint density at radius 1 is 0.969 bits per heavy atom. The van der Waals surface area contributed by atoms with Gasteiger partial charge < -0.3 is 10.1 Å². The van der Waals surface area contributed by atoms with E-state index in [4.69, 9.17) is 4.74 Å². The molecule has 0 bridgehead atoms. The average Bonchev–Trinajstić information content (AvgIpc) is 2.76. The Morgan fingerprint density at radius 2 is 1.62 bits per heavy atom. The summed E-state index contributed by atoms with van der Waals surface area (Å²) in [6, 6.07) is 21.9. The Kier molecular flexibility index (Phi) is 7.53. The minimum Gasteiger partial charge on any atom is -0.494 e. The fraction of sp³-hybridized carbons (Fsp3) is 0.240. The molecule has 0 fully saturated rings. The van der Waals surface area contributed by atoms with E-state index in [9.17, 15) is 13.2 Å². The highest BCUT2D eigenvalue weighted by Gasteiger charge is 2.18. The van der Waals surface area contributed by atoms with Crippen molar-refractivity contribution in [2.75, 3.05) is 17.2 Å². The van der Waals surface area contributed by atoms with E-state index in [1.165, 1.54) is 10.6 Å². The summed E-state index contributed by atoms with van der Waals surface area (Å²) < 4.78 is 31.5. The van der Waals surface area contributed by atoms with Crippen LogP contribution in [0, 0.1) is 6.92 Å². The zero-order valence-electron chi connectivity index (χ0n) is 18.5. The highest BCUT2D eigenvalue weighted by atomic mass is 32.2. The molecule has 3 aromatic carbocycles. The van der Waals surface area contributed by atoms with E-state index in [2.05, 4.69) is 5.32 Å². The molecule has 3 aromatic rings. The molecule has 0 aromatic heterocycles. The summed E-state index contributed by atoms with van der Waals surface area (Å²) in [6.45, 7) is 5.06. The standard InChI is InChI=1S/C25H28N2O4S/c1-4-31-24-14-10-20(11-15-24)17-26-25(28)22-12-8-21(9-13-22)18-27(32(3,29)30)23-7-5-6-19(2)16-23/h5-16H,4,17-18H2,1-3H3,(H,26,28). The van der Waals surface area contributed by atoms with Crippen molar-refractivity contribution < 1.29 is 17.9 Å². The lowest BCUT2D eigenvalue weighted by atomic mass is 10.1. The Bertz CT molecular complexity index is 1160. The third-order valence-electron chi connectivity index (χ3n) is 4.92. The number of carbonyl (C=O) groups excluding carboxylic acids is 1. The lowest BCUT2D eigenvalue weighted by Crippen LogP contribution is -2.29. The van der Waals surface area contributed by atoms with Crippen molar-refractivity contribution in [1.29, 1.82) is 0 Å². The molecule has 0 saturated carbocycles. The molecule has 0 radical (unpaired) electrons. The number of nitrogens with one attached hydrogen (secondary N) is 1. The number of rotatable bonds is 9. The molecule has 0 heterocycles. The number of hydrogen-bond donors (Lipinski definition) is 1. The second-order valence-corrected chi connectivity index (χ2v) is 9.47. The van der Waals surface area contributed by atoms with E-state index in [-0.39, 0.29) is 12.5 Å². The van der Waals surface area contributed by atoms with E-state index < -0.39 is 10.0 Å². The van der Waals surface area contributed by atoms with Gasteiger partial charge in [0.15, 0.2) is 0 Å². The van der Waals surface area contributed by atoms with Crippen molar-refractivity contribution in [2.45, 2.75) is 26.9 Å². The van der Waals surface area contributed by atoms with Crippen molar-refractivity contribution in [3.8, 4) is 5.75 Å². The molecule has 168 valence electrons. The molecular formula is C25H28N2O4S. The molecule has 0 aliphatic rings. The van der Waals surface area contributed by atoms with Gasteiger partial charge in [0.25, 0.3) is 5.91 Å². The first-order valence-corrected chi connectivity index (χ1v) is 12.2. The second-order valence-electron chi connectivity index (χ2n) is 7.57. The van der Waals surface area contributed by atoms with Crippen LogP contribution in [0.5, 0.6) is 5.75 Å². The van der Waals surface area contributed by atoms with Crippen molar-refractivity contribution >= 4 is 21.6 Å². The number of carbonyl (C=O) groups is 1. The van der Waals surface area contributed by atoms with Crippen LogP contribution >= 0.6 is 0 Å². The molecule has 0 spiro atoms. The van der Waals surface area contributed by atoms with E-state index in [1.54, 1.807) is 30.3 Å². The van der Waals surface area contributed by atoms with Gasteiger partial charge in [-0.3, -0.25) is 9.10 Å². The van der Waals surface area contributed by atoms with E-state index in [1.807, 2.05) is 56.3 Å². The van der Waals surface area contributed by atoms with Crippen molar-refractivity contribution in [2.24, 2.45) is 0 Å². The third-order valence-corrected chi connectivity index (χ3v) is 6.06. The fourth-order valence-electron chi connectivity index (χ4n) is 3.27. The van der Waals surface area contributed by atoms with Gasteiger partial charge in [-0.1, -0.05) is 36.4 Å². The number of nitrogens with zero attached hydrogens (tertiary/aromatic N) is 1. The number of aryl methyl sites for hydroxylation is 1. The molecule has 3 rings (SSSR count). The van der Waals surface area contributed by atoms with Gasteiger partial charge >= 0.3 is 0 Å². The summed E-state index contributed by atoms with van der Waals surface area (Å²) in [5.41, 5.74) is 3.88. The molecule has 0 aliphatic carbocycles. The normalized spacial score (nSPS) is 11.1. The van der Waals surface area contributed by atoms with Gasteiger partial charge in [-0.05, 0) is 66.9 Å². The molecule has 1 N–H and O–H groups in total. The molecule has 0 aliphatic heterocycles. The maximum absolute atomic E-state index is 12.5. The van der Waals surface area contributed by atoms with E-state index in [0.717, 1.165) is 22.4 Å². The molecular weight excluding hydrogens is 424 g/mol. The SMILES string of the molecule is CCOc1ccc(CNC(=O)c2ccc(CN(c3cccc(C)c3)S(C)(=O)=O)cc2)cc1. The first-order valence-electron chi connectivity index (χ1n) is 10.4. The van der Waals surface area contributed by atoms with Crippen LogP contribution in [0.1, 0.15) is 34.0 Å². The van der Waals surface area contributed by atoms with Gasteiger partial charge in [-0.2, -0.15) is 0 Å². The van der Waals surface area contributed by atoms with Crippen molar-refractivity contribution in [3.63, 3.8) is 0 Å². The number of sulfonamides is 1. The van der Waals surface area contributed by atoms with E-state index in [0.29, 0.717) is 24.4 Å². The summed E-state index contributed by atoms with van der Waals surface area (Å²) in [5.74, 6) is 0.607. The van der Waals surface area contributed by atoms with Gasteiger partial charge in [0, 0.05) is 12.1 Å². The fourth-order valence-corrected chi connectivity index (χ4v) is 4.15. The van der Waals surface area contributed by atoms with Crippen LogP contribution in [0.3, 0.4) is 0 Å². The zero-order chi connectivity index (χ0) is 23.1. The average molecular weight is 453 g/mol. The first kappa shape index (κ1) is 23.3. The number of anilines is 1. The van der Waals surface area contributed by atoms with Gasteiger partial charge in [0.05, 0.1) is 25.1 Å². The third kappa shape index (κ3) is 6.34. The van der Waals surface area contributed by atoms with Gasteiger partial charge in [0.1, 0.15) is 5.75 Å². The summed E-state index contributed by atoms with van der Waals surface area (Å²) >= 11 is 0. The van der Waals surface area contributed by atoms with Crippen molar-refractivity contribution in [1.82, 2.24) is 5.32 Å². The Balaban J connectivity index is 1.64. The van der Waals surface area contributed by atoms with Crippen LogP contribution in [0.25, 0.3) is 0 Å². The predicted molar refractivity (Wildman–Crippen MR) is 127 cm³/mol. The Hall–Kier alpha value is -3.32. The van der Waals surface area contributed by atoms with Crippen LogP contribution < -0.4 is 14.4 Å². The highest BCUT2D eigenvalue weighted by Crippen LogP contribution is 2.22. The van der Waals surface area contributed by atoms with Crippen LogP contribution in [-0.4, -0.2) is 27.2 Å². The Morgan fingerprint density at radius 3 is 2.22 bits per heavy atom. The minimum atomic E-state index is -3.46. The predicted octanol–water partition coefficient (Wildman–Crippen LogP) is 4.29. The molecule has 7 heteroatoms. The number of hydrogen-bond acceptors (Lipinski definition) is 4. The summed E-state index contributed by atoms with van der Waals surface area (Å²) in [7, 11) is -3.46. The minimum absolute atomic E-state index is 0.191. The summed E-state index contributed by atoms with van der Waals surface area (Å²) in [6.07, 6.45) is 1.19. The van der Waals surface area contributed by atoms with Gasteiger partial charge in [-0.25, -0.2) is 8.42 Å². The maximum Gasteiger partial charge on any atom is 0.251 e. The molecule has 6 nitrogen and oxygen atoms in total. The lowest BCUT2D eigenvalue weighted by Gasteiger charge is -2.23. The van der Waals surface area contributed by atoms with Crippen LogP contribution in [0.2, 0.25) is 0 Å². The van der Waals surface area contributed by atoms with Crippen molar-refractivity contribution in [3.05, 3.63) is 95.1 Å². The van der Waals surface area contributed by atoms with Gasteiger partial charge in [-0.15, -0.1) is 0 Å². The maximum atomic E-state index is 12.5. The van der Waals surface area contributed by atoms with Crippen LogP contribution in [0.4, 0.5) is 5.69 Å². The number of benzene rings is 3. The largest absolute Gasteiger partial charge is 0.494 e. The molecule has 0 unspecified atom stereocenters. The summed E-state index contributed by atoms with van der Waals surface area (Å²) in [5, 5.41) is 2.90. The number of amides is 1. The van der Waals surface area contributed by atoms with Crippen LogP contribution in [0.15, 0.2) is 72.8 Å². The van der Waals surface area contributed by atoms with Gasteiger partial charge in [0.2, 0.25) is 10.0 Å². The molecule has 0 atom stereocenters. The monoisotopic (exact) mass is 452 g/mol. The van der Waals surface area contributed by atoms with E-state index >= 15 is 0 Å². The molecule has 0 saturated heterocycles. The zero-order valence-corrected chi connectivity index (χ0v) is 19.4. The first-order chi connectivity index (χ1) is 15.3.